The molecule has 0 aromatic rings. The van der Waals surface area contributed by atoms with E-state index >= 15 is 0 Å². The summed E-state index contributed by atoms with van der Waals surface area (Å²) >= 11 is 4.96. The second-order valence-corrected chi connectivity index (χ2v) is 7.27. The molecule has 0 aromatic heterocycles. The summed E-state index contributed by atoms with van der Waals surface area (Å²) in [5.41, 5.74) is 5.63. The van der Waals surface area contributed by atoms with E-state index < -0.39 is 10.0 Å². The quantitative estimate of drug-likeness (QED) is 0.736. The average Bonchev–Trinajstić information content (AvgIpc) is 2.28. The van der Waals surface area contributed by atoms with Crippen molar-refractivity contribution in [2.45, 2.75) is 45.3 Å². The van der Waals surface area contributed by atoms with E-state index in [1.54, 1.807) is 0 Å². The summed E-state index contributed by atoms with van der Waals surface area (Å²) in [5.74, 6) is -0.00963. The molecule has 0 aromatic carbocycles. The minimum absolute atomic E-state index is 0.00963. The van der Waals surface area contributed by atoms with Crippen LogP contribution >= 0.6 is 12.2 Å². The Morgan fingerprint density at radius 2 is 2.17 bits per heavy atom. The number of thiocarbonyl (C=S) groups is 1. The largest absolute Gasteiger partial charge is 0.392 e. The van der Waals surface area contributed by atoms with Gasteiger partial charge >= 0.3 is 0 Å². The summed E-state index contributed by atoms with van der Waals surface area (Å²) in [6.07, 6.45) is 2.59. The second kappa shape index (κ2) is 6.79. The zero-order valence-corrected chi connectivity index (χ0v) is 12.6. The van der Waals surface area contributed by atoms with Gasteiger partial charge in [-0.05, 0) is 26.7 Å². The Balaban J connectivity index is 2.66. The van der Waals surface area contributed by atoms with Crippen LogP contribution in [0.25, 0.3) is 0 Å². The zero-order chi connectivity index (χ0) is 13.8. The van der Waals surface area contributed by atoms with Crippen molar-refractivity contribution in [3.63, 3.8) is 0 Å². The van der Waals surface area contributed by atoms with Crippen molar-refractivity contribution in [1.29, 1.82) is 0 Å². The van der Waals surface area contributed by atoms with Gasteiger partial charge in [0.2, 0.25) is 10.0 Å². The maximum absolute atomic E-state index is 12.2. The van der Waals surface area contributed by atoms with Gasteiger partial charge in [0.15, 0.2) is 0 Å². The summed E-state index contributed by atoms with van der Waals surface area (Å²) in [5, 5.41) is 0. The third-order valence-electron chi connectivity index (χ3n) is 2.93. The Kier molecular flexibility index (Phi) is 5.97. The fourth-order valence-electron chi connectivity index (χ4n) is 2.03. The van der Waals surface area contributed by atoms with Crippen LogP contribution in [0.3, 0.4) is 0 Å². The standard InChI is InChI=1S/C11H22N2O3S2/c1-9(2)16-7-8-18(14,15)13-6-4-3-5-10(13)11(12)17/h9-10H,3-8H2,1-2H3,(H2,12,17). The highest BCUT2D eigenvalue weighted by molar-refractivity contribution is 7.89. The number of ether oxygens (including phenoxy) is 1. The molecule has 0 radical (unpaired) electrons. The first-order valence-electron chi connectivity index (χ1n) is 6.25. The molecule has 106 valence electrons. The predicted octanol–water partition coefficient (Wildman–Crippen LogP) is 0.882. The molecule has 1 aliphatic rings. The smallest absolute Gasteiger partial charge is 0.217 e. The first kappa shape index (κ1) is 15.8. The van der Waals surface area contributed by atoms with Gasteiger partial charge in [0.1, 0.15) is 0 Å². The molecule has 1 saturated heterocycles. The molecule has 1 unspecified atom stereocenters. The summed E-state index contributed by atoms with van der Waals surface area (Å²) in [7, 11) is -3.33. The van der Waals surface area contributed by atoms with Crippen molar-refractivity contribution in [2.24, 2.45) is 5.73 Å². The first-order chi connectivity index (χ1) is 8.34. The number of hydrogen-bond acceptors (Lipinski definition) is 4. The lowest BCUT2D eigenvalue weighted by Gasteiger charge is -2.33. The van der Waals surface area contributed by atoms with E-state index in [2.05, 4.69) is 0 Å². The van der Waals surface area contributed by atoms with E-state index in [4.69, 9.17) is 22.7 Å². The van der Waals surface area contributed by atoms with Crippen molar-refractivity contribution >= 4 is 27.2 Å². The second-order valence-electron chi connectivity index (χ2n) is 4.76. The third kappa shape index (κ3) is 4.46. The topological polar surface area (TPSA) is 72.6 Å². The van der Waals surface area contributed by atoms with E-state index in [9.17, 15) is 8.42 Å². The Bertz CT molecular complexity index is 382. The maximum atomic E-state index is 12.2. The molecule has 1 fully saturated rings. The summed E-state index contributed by atoms with van der Waals surface area (Å²) in [6, 6.07) is -0.321. The van der Waals surface area contributed by atoms with Crippen molar-refractivity contribution in [3.8, 4) is 0 Å². The van der Waals surface area contributed by atoms with Gasteiger partial charge in [-0.2, -0.15) is 4.31 Å². The van der Waals surface area contributed by atoms with E-state index in [-0.39, 0.29) is 29.5 Å². The van der Waals surface area contributed by atoms with Gasteiger partial charge in [-0.3, -0.25) is 0 Å². The van der Waals surface area contributed by atoms with Crippen LogP contribution in [0.2, 0.25) is 0 Å². The normalized spacial score (nSPS) is 22.3. The Morgan fingerprint density at radius 3 is 2.72 bits per heavy atom. The van der Waals surface area contributed by atoms with Crippen LogP contribution in [0.5, 0.6) is 0 Å². The van der Waals surface area contributed by atoms with Gasteiger partial charge in [0.05, 0.1) is 29.5 Å². The highest BCUT2D eigenvalue weighted by atomic mass is 32.2. The van der Waals surface area contributed by atoms with E-state index in [0.29, 0.717) is 6.54 Å². The van der Waals surface area contributed by atoms with Crippen LogP contribution in [-0.4, -0.2) is 48.8 Å². The van der Waals surface area contributed by atoms with E-state index in [1.165, 1.54) is 4.31 Å². The number of piperidine rings is 1. The maximum Gasteiger partial charge on any atom is 0.217 e. The Morgan fingerprint density at radius 1 is 1.50 bits per heavy atom. The molecule has 1 heterocycles. The molecule has 0 saturated carbocycles. The molecule has 1 aliphatic heterocycles. The lowest BCUT2D eigenvalue weighted by Crippen LogP contribution is -2.50. The summed E-state index contributed by atoms with van der Waals surface area (Å²) in [6.45, 7) is 4.48. The number of rotatable bonds is 6. The van der Waals surface area contributed by atoms with Crippen molar-refractivity contribution in [1.82, 2.24) is 4.31 Å². The van der Waals surface area contributed by atoms with Gasteiger partial charge in [0, 0.05) is 6.54 Å². The van der Waals surface area contributed by atoms with Crippen molar-refractivity contribution in [3.05, 3.63) is 0 Å². The molecular weight excluding hydrogens is 272 g/mol. The minimum Gasteiger partial charge on any atom is -0.392 e. The molecule has 1 atom stereocenters. The lowest BCUT2D eigenvalue weighted by molar-refractivity contribution is 0.0904. The molecule has 5 nitrogen and oxygen atoms in total. The van der Waals surface area contributed by atoms with Crippen LogP contribution < -0.4 is 5.73 Å². The van der Waals surface area contributed by atoms with Crippen molar-refractivity contribution < 1.29 is 13.2 Å². The Hall–Kier alpha value is -0.240. The number of sulfonamides is 1. The molecule has 0 aliphatic carbocycles. The van der Waals surface area contributed by atoms with Crippen LogP contribution in [0, 0.1) is 0 Å². The fourth-order valence-corrected chi connectivity index (χ4v) is 3.90. The molecule has 7 heteroatoms. The van der Waals surface area contributed by atoms with E-state index in [1.807, 2.05) is 13.8 Å². The van der Waals surface area contributed by atoms with Gasteiger partial charge < -0.3 is 10.5 Å². The van der Waals surface area contributed by atoms with Gasteiger partial charge in [-0.25, -0.2) is 8.42 Å². The van der Waals surface area contributed by atoms with Gasteiger partial charge in [-0.1, -0.05) is 18.6 Å². The fraction of sp³-hybridized carbons (Fsp3) is 0.909. The minimum atomic E-state index is -3.33. The van der Waals surface area contributed by atoms with Crippen LogP contribution in [-0.2, 0) is 14.8 Å². The molecule has 1 rings (SSSR count). The molecule has 0 spiro atoms. The number of nitrogens with two attached hydrogens (primary N) is 1. The predicted molar refractivity (Wildman–Crippen MR) is 76.0 cm³/mol. The number of hydrogen-bond donors (Lipinski definition) is 1. The zero-order valence-electron chi connectivity index (χ0n) is 11.0. The van der Waals surface area contributed by atoms with Crippen LogP contribution in [0.1, 0.15) is 33.1 Å². The summed E-state index contributed by atoms with van der Waals surface area (Å²) < 4.78 is 31.2. The summed E-state index contributed by atoms with van der Waals surface area (Å²) in [4.78, 5) is 0.267. The van der Waals surface area contributed by atoms with E-state index in [0.717, 1.165) is 19.3 Å². The molecule has 18 heavy (non-hydrogen) atoms. The highest BCUT2D eigenvalue weighted by Crippen LogP contribution is 2.21. The monoisotopic (exact) mass is 294 g/mol. The first-order valence-corrected chi connectivity index (χ1v) is 8.27. The Labute approximate surface area is 115 Å². The van der Waals surface area contributed by atoms with Gasteiger partial charge in [-0.15, -0.1) is 0 Å². The average molecular weight is 294 g/mol. The van der Waals surface area contributed by atoms with Crippen LogP contribution in [0.15, 0.2) is 0 Å². The SMILES string of the molecule is CC(C)OCCS(=O)(=O)N1CCCCC1C(N)=S. The molecule has 0 bridgehead atoms. The van der Waals surface area contributed by atoms with Crippen molar-refractivity contribution in [2.75, 3.05) is 18.9 Å². The molecule has 2 N–H and O–H groups in total. The highest BCUT2D eigenvalue weighted by Gasteiger charge is 2.33. The molecule has 0 amide bonds. The van der Waals surface area contributed by atoms with Crippen LogP contribution in [0.4, 0.5) is 0 Å². The molecular formula is C11H22N2O3S2. The van der Waals surface area contributed by atoms with Gasteiger partial charge in [0.25, 0.3) is 0 Å². The third-order valence-corrected chi connectivity index (χ3v) is 5.04. The number of nitrogens with zero attached hydrogens (tertiary/aromatic N) is 1. The lowest BCUT2D eigenvalue weighted by atomic mass is 10.1.